The monoisotopic (exact) mass is 529 g/mol. The molecule has 0 spiro atoms. The lowest BCUT2D eigenvalue weighted by molar-refractivity contribution is 0.673. The highest BCUT2D eigenvalue weighted by Gasteiger charge is 2.19. The first-order chi connectivity index (χ1) is 24.1. The number of benzene rings is 8. The Kier molecular flexibility index (Phi) is 3.21. The van der Waals surface area contributed by atoms with E-state index in [2.05, 4.69) is 24.3 Å². The van der Waals surface area contributed by atoms with E-state index in [0.717, 1.165) is 43.4 Å². The molecule has 0 aliphatic heterocycles. The molecule has 0 amide bonds. The maximum Gasteiger partial charge on any atom is 0.143 e. The van der Waals surface area contributed by atoms with Crippen molar-refractivity contribution in [3.05, 3.63) is 145 Å². The maximum absolute atomic E-state index is 9.57. The molecule has 8 aromatic carbocycles. The van der Waals surface area contributed by atoms with E-state index < -0.39 is 36.3 Å². The summed E-state index contributed by atoms with van der Waals surface area (Å²) < 4.78 is 85.7. The summed E-state index contributed by atoms with van der Waals surface area (Å²) >= 11 is 0. The normalized spacial score (nSPS) is 15.0. The highest BCUT2D eigenvalue weighted by Crippen LogP contribution is 2.46. The predicted octanol–water partition coefficient (Wildman–Crippen LogP) is 11.5. The van der Waals surface area contributed by atoms with Crippen molar-refractivity contribution >= 4 is 65.0 Å². The molecule has 1 heterocycles. The van der Waals surface area contributed by atoms with Crippen LogP contribution >= 0.6 is 0 Å². The Labute approximate surface area is 249 Å². The molecule has 0 aliphatic rings. The van der Waals surface area contributed by atoms with E-state index >= 15 is 0 Å². The molecule has 9 aromatic rings. The van der Waals surface area contributed by atoms with Crippen LogP contribution in [0.2, 0.25) is 0 Å². The van der Waals surface area contributed by atoms with Crippen LogP contribution in [0.1, 0.15) is 12.3 Å². The molecule has 0 bridgehead atoms. The van der Waals surface area contributed by atoms with Gasteiger partial charge in [-0.1, -0.05) is 127 Å². The molecule has 41 heavy (non-hydrogen) atoms. The summed E-state index contributed by atoms with van der Waals surface area (Å²) in [5.41, 5.74) is 2.61. The molecular formula is C40H24O. The van der Waals surface area contributed by atoms with Gasteiger partial charge in [0.1, 0.15) is 11.2 Å². The third-order valence-corrected chi connectivity index (χ3v) is 7.93. The van der Waals surface area contributed by atoms with Gasteiger partial charge in [0.2, 0.25) is 0 Å². The zero-order valence-electron chi connectivity index (χ0n) is 30.6. The van der Waals surface area contributed by atoms with Gasteiger partial charge in [-0.15, -0.1) is 0 Å². The molecule has 0 aliphatic carbocycles. The maximum atomic E-state index is 9.57. The zero-order valence-corrected chi connectivity index (χ0v) is 21.6. The molecule has 1 nitrogen and oxygen atoms in total. The van der Waals surface area contributed by atoms with E-state index in [-0.39, 0.29) is 56.4 Å². The third-order valence-electron chi connectivity index (χ3n) is 7.93. The second kappa shape index (κ2) is 8.55. The van der Waals surface area contributed by atoms with Crippen molar-refractivity contribution in [3.8, 4) is 22.3 Å². The first-order valence-electron chi connectivity index (χ1n) is 17.9. The van der Waals surface area contributed by atoms with Crippen molar-refractivity contribution < 1.29 is 16.8 Å². The summed E-state index contributed by atoms with van der Waals surface area (Å²) in [7, 11) is 0. The van der Waals surface area contributed by atoms with Crippen LogP contribution in [-0.4, -0.2) is 0 Å². The van der Waals surface area contributed by atoms with Gasteiger partial charge in [0.15, 0.2) is 0 Å². The minimum Gasteiger partial charge on any atom is -0.455 e. The van der Waals surface area contributed by atoms with E-state index in [1.807, 2.05) is 66.7 Å². The lowest BCUT2D eigenvalue weighted by Crippen LogP contribution is -1.91. The fourth-order valence-electron chi connectivity index (χ4n) is 6.16. The molecule has 1 aromatic heterocycles. The molecule has 0 unspecified atom stereocenters. The zero-order chi connectivity index (χ0) is 34.7. The number of hydrogen-bond acceptors (Lipinski definition) is 1. The van der Waals surface area contributed by atoms with Crippen molar-refractivity contribution in [2.45, 2.75) is 0 Å². The van der Waals surface area contributed by atoms with Crippen LogP contribution in [0.25, 0.3) is 87.3 Å². The summed E-state index contributed by atoms with van der Waals surface area (Å²) in [6, 6.07) is 26.6. The van der Waals surface area contributed by atoms with Crippen molar-refractivity contribution in [2.75, 3.05) is 0 Å². The average Bonchev–Trinajstić information content (AvgIpc) is 3.54. The predicted molar refractivity (Wildman–Crippen MR) is 175 cm³/mol. The SMILES string of the molecule is [2H]c1c([2H])c([2H])c2c(c1[2H])c([2H])c([2H])c1c2oc2c([2H])c(-c3c4ccccc4c(-c4cccc5ccccc45)c4ccccc34)c([2H])c([2H])c21. The van der Waals surface area contributed by atoms with Crippen LogP contribution in [0.15, 0.2) is 150 Å². The second-order valence-electron chi connectivity index (χ2n) is 10.1. The highest BCUT2D eigenvalue weighted by atomic mass is 16.3. The Morgan fingerprint density at radius 1 is 0.439 bits per heavy atom. The summed E-state index contributed by atoms with van der Waals surface area (Å²) in [4.78, 5) is 0. The van der Waals surface area contributed by atoms with Gasteiger partial charge >= 0.3 is 0 Å². The van der Waals surface area contributed by atoms with E-state index in [4.69, 9.17) is 12.6 Å². The molecule has 0 saturated carbocycles. The molecule has 0 N–H and O–H groups in total. The summed E-state index contributed by atoms with van der Waals surface area (Å²) in [5, 5.41) is 5.25. The fraction of sp³-hybridized carbons (Fsp3) is 0. The average molecular weight is 530 g/mol. The van der Waals surface area contributed by atoms with Crippen molar-refractivity contribution in [1.82, 2.24) is 0 Å². The van der Waals surface area contributed by atoms with Gasteiger partial charge in [0.05, 0.1) is 12.3 Å². The van der Waals surface area contributed by atoms with Crippen LogP contribution in [0, 0.1) is 0 Å². The molecule has 1 heteroatoms. The molecule has 0 atom stereocenters. The Bertz CT molecular complexity index is 2920. The first kappa shape index (κ1) is 15.4. The number of rotatable bonds is 2. The van der Waals surface area contributed by atoms with E-state index in [1.165, 1.54) is 0 Å². The van der Waals surface area contributed by atoms with Gasteiger partial charge in [-0.3, -0.25) is 0 Å². The summed E-state index contributed by atoms with van der Waals surface area (Å²) in [6.45, 7) is 0. The topological polar surface area (TPSA) is 13.1 Å². The largest absolute Gasteiger partial charge is 0.455 e. The second-order valence-corrected chi connectivity index (χ2v) is 10.1. The van der Waals surface area contributed by atoms with Crippen molar-refractivity contribution in [1.29, 1.82) is 0 Å². The molecule has 0 fully saturated rings. The van der Waals surface area contributed by atoms with E-state index in [1.54, 1.807) is 0 Å². The fourth-order valence-corrected chi connectivity index (χ4v) is 6.16. The van der Waals surface area contributed by atoms with E-state index in [9.17, 15) is 4.11 Å². The lowest BCUT2D eigenvalue weighted by atomic mass is 9.84. The number of furan rings is 1. The van der Waals surface area contributed by atoms with Gasteiger partial charge in [-0.2, -0.15) is 0 Å². The van der Waals surface area contributed by atoms with Gasteiger partial charge in [0.25, 0.3) is 0 Å². The molecule has 9 rings (SSSR count). The summed E-state index contributed by atoms with van der Waals surface area (Å²) in [6.07, 6.45) is 0. The van der Waals surface area contributed by atoms with Crippen LogP contribution in [0.4, 0.5) is 0 Å². The Morgan fingerprint density at radius 3 is 1.85 bits per heavy atom. The molecule has 0 saturated heterocycles. The van der Waals surface area contributed by atoms with Gasteiger partial charge in [0, 0.05) is 16.2 Å². The van der Waals surface area contributed by atoms with Gasteiger partial charge in [-0.25, -0.2) is 0 Å². The highest BCUT2D eigenvalue weighted by molar-refractivity contribution is 6.24. The Morgan fingerprint density at radius 2 is 1.07 bits per heavy atom. The Hall–Kier alpha value is -5.40. The Balaban J connectivity index is 1.46. The van der Waals surface area contributed by atoms with Gasteiger partial charge < -0.3 is 4.42 Å². The third kappa shape index (κ3) is 3.24. The number of fused-ring (bicyclic) bond motifs is 8. The minimum atomic E-state index is -0.533. The standard InChI is InChI=1S/C40H24O/c1-3-13-28-25(10-1)12-9-19-31(28)39-34-17-7-5-15-32(34)38(33-16-6-8-18-35(33)39)27-21-22-30-36-23-20-26-11-2-4-14-29(26)40(36)41-37(30)24-27/h1-24H/i2D,4D,11D,14D,20D,21D,22D,23D,24D. The van der Waals surface area contributed by atoms with Crippen LogP contribution < -0.4 is 0 Å². The molecular weight excluding hydrogens is 496 g/mol. The quantitative estimate of drug-likeness (QED) is 0.203. The number of hydrogen-bond donors (Lipinski definition) is 0. The van der Waals surface area contributed by atoms with Crippen molar-refractivity contribution in [3.63, 3.8) is 0 Å². The lowest BCUT2D eigenvalue weighted by Gasteiger charge is -2.18. The van der Waals surface area contributed by atoms with Crippen LogP contribution in [-0.2, 0) is 0 Å². The van der Waals surface area contributed by atoms with E-state index in [0.29, 0.717) is 5.56 Å². The van der Waals surface area contributed by atoms with Gasteiger partial charge in [-0.05, 0) is 78.1 Å². The first-order valence-corrected chi connectivity index (χ1v) is 13.4. The van der Waals surface area contributed by atoms with Crippen molar-refractivity contribution in [2.24, 2.45) is 0 Å². The van der Waals surface area contributed by atoms with Crippen LogP contribution in [0.3, 0.4) is 0 Å². The molecule has 190 valence electrons. The minimum absolute atomic E-state index is 0.00690. The van der Waals surface area contributed by atoms with Crippen LogP contribution in [0.5, 0.6) is 0 Å². The summed E-state index contributed by atoms with van der Waals surface area (Å²) in [5.74, 6) is 0. The molecule has 0 radical (unpaired) electrons. The smallest absolute Gasteiger partial charge is 0.143 e.